The van der Waals surface area contributed by atoms with Gasteiger partial charge in [0.25, 0.3) is 0 Å². The molecule has 5 nitrogen and oxygen atoms in total. The second-order valence-electron chi connectivity index (χ2n) is 6.19. The number of imidazole rings is 1. The normalized spacial score (nSPS) is 12.1. The molecule has 2 heterocycles. The number of aromatic amines is 1. The summed E-state index contributed by atoms with van der Waals surface area (Å²) in [4.78, 5) is 7.33. The van der Waals surface area contributed by atoms with Crippen molar-refractivity contribution in [1.82, 2.24) is 14.6 Å². The molecular weight excluding hydrogens is 362 g/mol. The number of fused-ring (bicyclic) bond motifs is 2. The Hall–Kier alpha value is -3.23. The highest BCUT2D eigenvalue weighted by molar-refractivity contribution is 5.94. The quantitative estimate of drug-likeness (QED) is 0.445. The SMILES string of the molecule is CNn1c(Nc2c[nH]c3ccc(C)cc23)nc2cc(C(F)(F)F)c(F)cc21. The predicted molar refractivity (Wildman–Crippen MR) is 96.3 cm³/mol. The van der Waals surface area contributed by atoms with Gasteiger partial charge in [0.15, 0.2) is 0 Å². The molecule has 4 rings (SSSR count). The number of anilines is 2. The zero-order valence-corrected chi connectivity index (χ0v) is 14.4. The lowest BCUT2D eigenvalue weighted by Crippen LogP contribution is -2.12. The lowest BCUT2D eigenvalue weighted by Gasteiger charge is -2.10. The van der Waals surface area contributed by atoms with E-state index >= 15 is 0 Å². The highest BCUT2D eigenvalue weighted by atomic mass is 19.4. The third-order valence-corrected chi connectivity index (χ3v) is 4.36. The number of aryl methyl sites for hydroxylation is 1. The van der Waals surface area contributed by atoms with Crippen molar-refractivity contribution in [3.8, 4) is 0 Å². The van der Waals surface area contributed by atoms with Gasteiger partial charge in [-0.05, 0) is 25.1 Å². The molecule has 0 radical (unpaired) electrons. The molecule has 0 amide bonds. The van der Waals surface area contributed by atoms with Crippen LogP contribution in [-0.4, -0.2) is 21.7 Å². The highest BCUT2D eigenvalue weighted by Crippen LogP contribution is 2.35. The van der Waals surface area contributed by atoms with E-state index in [1.807, 2.05) is 25.1 Å². The molecule has 0 aliphatic carbocycles. The van der Waals surface area contributed by atoms with Gasteiger partial charge in [-0.2, -0.15) is 13.2 Å². The summed E-state index contributed by atoms with van der Waals surface area (Å²) in [5.41, 5.74) is 4.36. The molecular formula is C18H15F4N5. The molecule has 0 spiro atoms. The first kappa shape index (κ1) is 17.2. The van der Waals surface area contributed by atoms with E-state index in [0.29, 0.717) is 11.8 Å². The molecule has 3 N–H and O–H groups in total. The smallest absolute Gasteiger partial charge is 0.359 e. The molecule has 0 atom stereocenters. The molecule has 0 fully saturated rings. The number of aromatic nitrogens is 3. The molecule has 2 aromatic heterocycles. The minimum atomic E-state index is -4.79. The van der Waals surface area contributed by atoms with Crippen LogP contribution in [0.5, 0.6) is 0 Å². The lowest BCUT2D eigenvalue weighted by molar-refractivity contribution is -0.139. The van der Waals surface area contributed by atoms with Crippen LogP contribution in [0.4, 0.5) is 29.2 Å². The van der Waals surface area contributed by atoms with Crippen LogP contribution in [0.2, 0.25) is 0 Å². The van der Waals surface area contributed by atoms with Gasteiger partial charge in [-0.25, -0.2) is 14.1 Å². The van der Waals surface area contributed by atoms with E-state index < -0.39 is 17.6 Å². The first-order valence-corrected chi connectivity index (χ1v) is 8.09. The van der Waals surface area contributed by atoms with Crippen molar-refractivity contribution in [1.29, 1.82) is 0 Å². The van der Waals surface area contributed by atoms with E-state index in [-0.39, 0.29) is 17.0 Å². The van der Waals surface area contributed by atoms with E-state index in [4.69, 9.17) is 0 Å². The van der Waals surface area contributed by atoms with E-state index in [1.165, 1.54) is 4.68 Å². The zero-order valence-electron chi connectivity index (χ0n) is 14.4. The monoisotopic (exact) mass is 377 g/mol. The largest absolute Gasteiger partial charge is 0.419 e. The van der Waals surface area contributed by atoms with Crippen molar-refractivity contribution < 1.29 is 17.6 Å². The van der Waals surface area contributed by atoms with Crippen molar-refractivity contribution in [3.05, 3.63) is 53.5 Å². The highest BCUT2D eigenvalue weighted by Gasteiger charge is 2.35. The van der Waals surface area contributed by atoms with Crippen LogP contribution in [0.15, 0.2) is 36.5 Å². The second-order valence-corrected chi connectivity index (χ2v) is 6.19. The molecule has 0 bridgehead atoms. The summed E-state index contributed by atoms with van der Waals surface area (Å²) in [6, 6.07) is 7.41. The number of H-pyrrole nitrogens is 1. The van der Waals surface area contributed by atoms with Crippen molar-refractivity contribution in [2.24, 2.45) is 0 Å². The van der Waals surface area contributed by atoms with Crippen LogP contribution in [0, 0.1) is 12.7 Å². The van der Waals surface area contributed by atoms with Gasteiger partial charge in [0.05, 0.1) is 22.3 Å². The van der Waals surface area contributed by atoms with Crippen LogP contribution in [-0.2, 0) is 6.18 Å². The summed E-state index contributed by atoms with van der Waals surface area (Å²) in [6.07, 6.45) is -3.05. The number of rotatable bonds is 3. The van der Waals surface area contributed by atoms with E-state index in [1.54, 1.807) is 13.2 Å². The molecule has 4 aromatic rings. The van der Waals surface area contributed by atoms with Crippen LogP contribution in [0.3, 0.4) is 0 Å². The molecule has 2 aromatic carbocycles. The Morgan fingerprint density at radius 1 is 1.15 bits per heavy atom. The number of alkyl halides is 3. The van der Waals surface area contributed by atoms with Gasteiger partial charge >= 0.3 is 6.18 Å². The minimum absolute atomic E-state index is 0.0246. The van der Waals surface area contributed by atoms with E-state index in [9.17, 15) is 17.6 Å². The Labute approximate surface area is 151 Å². The maximum absolute atomic E-state index is 14.0. The molecule has 0 aliphatic heterocycles. The standard InChI is InChI=1S/C18H15F4N5/c1-9-3-4-13-10(5-9)15(8-24-13)26-17-25-14-6-11(18(20,21)22)12(19)7-16(14)27(17)23-2/h3-8,23-24H,1-2H3,(H,25,26). The Kier molecular flexibility index (Phi) is 3.76. The third-order valence-electron chi connectivity index (χ3n) is 4.36. The molecule has 9 heteroatoms. The maximum Gasteiger partial charge on any atom is 0.419 e. The van der Waals surface area contributed by atoms with Crippen LogP contribution in [0.25, 0.3) is 21.9 Å². The van der Waals surface area contributed by atoms with Crippen molar-refractivity contribution in [3.63, 3.8) is 0 Å². The van der Waals surface area contributed by atoms with Gasteiger partial charge < -0.3 is 15.7 Å². The van der Waals surface area contributed by atoms with Gasteiger partial charge in [-0.15, -0.1) is 0 Å². The first-order valence-electron chi connectivity index (χ1n) is 8.09. The Morgan fingerprint density at radius 2 is 1.93 bits per heavy atom. The van der Waals surface area contributed by atoms with Crippen molar-refractivity contribution >= 4 is 33.6 Å². The van der Waals surface area contributed by atoms with E-state index in [0.717, 1.165) is 22.5 Å². The number of hydrogen-bond acceptors (Lipinski definition) is 3. The number of nitrogens with one attached hydrogen (secondary N) is 3. The molecule has 27 heavy (non-hydrogen) atoms. The summed E-state index contributed by atoms with van der Waals surface area (Å²) in [5, 5.41) is 4.00. The molecule has 140 valence electrons. The summed E-state index contributed by atoms with van der Waals surface area (Å²) in [5.74, 6) is -1.10. The number of benzene rings is 2. The van der Waals surface area contributed by atoms with Crippen molar-refractivity contribution in [2.75, 3.05) is 17.8 Å². The number of nitrogens with zero attached hydrogens (tertiary/aromatic N) is 2. The van der Waals surface area contributed by atoms with Gasteiger partial charge in [0.2, 0.25) is 5.95 Å². The van der Waals surface area contributed by atoms with Crippen LogP contribution >= 0.6 is 0 Å². The van der Waals surface area contributed by atoms with Gasteiger partial charge in [-0.3, -0.25) is 0 Å². The average molecular weight is 377 g/mol. The Balaban J connectivity index is 1.84. The molecule has 0 aliphatic rings. The zero-order chi connectivity index (χ0) is 19.3. The fraction of sp³-hybridized carbons (Fsp3) is 0.167. The molecule has 0 unspecified atom stereocenters. The maximum atomic E-state index is 14.0. The number of hydrogen-bond donors (Lipinski definition) is 3. The van der Waals surface area contributed by atoms with Crippen molar-refractivity contribution in [2.45, 2.75) is 13.1 Å². The third kappa shape index (κ3) is 2.84. The Bertz CT molecular complexity index is 1160. The fourth-order valence-corrected chi connectivity index (χ4v) is 3.08. The summed E-state index contributed by atoms with van der Waals surface area (Å²) in [6.45, 7) is 1.96. The topological polar surface area (TPSA) is 57.7 Å². The lowest BCUT2D eigenvalue weighted by atomic mass is 10.1. The number of halogens is 4. The summed E-state index contributed by atoms with van der Waals surface area (Å²) in [7, 11) is 1.57. The van der Waals surface area contributed by atoms with Gasteiger partial charge in [-0.1, -0.05) is 11.6 Å². The predicted octanol–water partition coefficient (Wildman–Crippen LogP) is 4.90. The second kappa shape index (κ2) is 5.90. The molecule has 0 saturated heterocycles. The minimum Gasteiger partial charge on any atom is -0.359 e. The van der Waals surface area contributed by atoms with E-state index in [2.05, 4.69) is 20.7 Å². The fourth-order valence-electron chi connectivity index (χ4n) is 3.08. The first-order chi connectivity index (χ1) is 12.8. The van der Waals surface area contributed by atoms with Gasteiger partial charge in [0, 0.05) is 30.2 Å². The van der Waals surface area contributed by atoms with Crippen LogP contribution < -0.4 is 10.7 Å². The summed E-state index contributed by atoms with van der Waals surface area (Å²) >= 11 is 0. The molecule has 0 saturated carbocycles. The average Bonchev–Trinajstić information content (AvgIpc) is 3.14. The van der Waals surface area contributed by atoms with Gasteiger partial charge in [0.1, 0.15) is 5.82 Å². The summed E-state index contributed by atoms with van der Waals surface area (Å²) < 4.78 is 54.3. The van der Waals surface area contributed by atoms with Crippen LogP contribution in [0.1, 0.15) is 11.1 Å². The Morgan fingerprint density at radius 3 is 2.63 bits per heavy atom.